The number of nitrogens with zero attached hydrogens (tertiary/aromatic N) is 1. The van der Waals surface area contributed by atoms with E-state index < -0.39 is 0 Å². The topological polar surface area (TPSA) is 38.5 Å². The summed E-state index contributed by atoms with van der Waals surface area (Å²) in [6.07, 6.45) is 1.000. The normalized spacial score (nSPS) is 11.9. The second kappa shape index (κ2) is 6.92. The molecule has 0 saturated carbocycles. The van der Waals surface area contributed by atoms with Crippen molar-refractivity contribution in [2.45, 2.75) is 46.2 Å². The number of hydrogen-bond donors (Lipinski definition) is 1. The molecule has 0 aliphatic carbocycles. The highest BCUT2D eigenvalue weighted by Gasteiger charge is 2.22. The molecule has 0 amide bonds. The molecule has 3 nitrogen and oxygen atoms in total. The summed E-state index contributed by atoms with van der Waals surface area (Å²) >= 11 is 0. The maximum atomic E-state index is 5.68. The molecule has 1 aromatic carbocycles. The van der Waals surface area contributed by atoms with Gasteiger partial charge in [-0.1, -0.05) is 12.1 Å². The Morgan fingerprint density at radius 3 is 2.53 bits per heavy atom. The first-order valence-corrected chi connectivity index (χ1v) is 7.04. The van der Waals surface area contributed by atoms with Crippen LogP contribution in [0.5, 0.6) is 5.75 Å². The van der Waals surface area contributed by atoms with Gasteiger partial charge in [0.25, 0.3) is 0 Å². The first-order chi connectivity index (χ1) is 8.90. The Morgan fingerprint density at radius 1 is 1.32 bits per heavy atom. The number of aryl methyl sites for hydroxylation is 1. The van der Waals surface area contributed by atoms with Crippen LogP contribution >= 0.6 is 0 Å². The minimum absolute atomic E-state index is 0.126. The SMILES string of the molecule is CCOc1ccc(CN(C)C(C)(C)CCN)cc1C. The minimum Gasteiger partial charge on any atom is -0.494 e. The van der Waals surface area contributed by atoms with Crippen molar-refractivity contribution < 1.29 is 4.74 Å². The van der Waals surface area contributed by atoms with E-state index in [9.17, 15) is 0 Å². The lowest BCUT2D eigenvalue weighted by Crippen LogP contribution is -2.42. The van der Waals surface area contributed by atoms with E-state index in [4.69, 9.17) is 10.5 Å². The second-order valence-corrected chi connectivity index (χ2v) is 5.74. The van der Waals surface area contributed by atoms with Crippen LogP contribution in [0.1, 0.15) is 38.3 Å². The van der Waals surface area contributed by atoms with Crippen LogP contribution in [0.15, 0.2) is 18.2 Å². The molecular formula is C16H28N2O. The van der Waals surface area contributed by atoms with Gasteiger partial charge in [-0.25, -0.2) is 0 Å². The van der Waals surface area contributed by atoms with Gasteiger partial charge in [-0.05, 0) is 64.9 Å². The Kier molecular flexibility index (Phi) is 5.83. The molecule has 0 fully saturated rings. The third-order valence-electron chi connectivity index (χ3n) is 3.75. The van der Waals surface area contributed by atoms with E-state index in [-0.39, 0.29) is 5.54 Å². The summed E-state index contributed by atoms with van der Waals surface area (Å²) in [5.41, 5.74) is 8.32. The van der Waals surface area contributed by atoms with Crippen LogP contribution in [0, 0.1) is 6.92 Å². The highest BCUT2D eigenvalue weighted by molar-refractivity contribution is 5.36. The number of ether oxygens (including phenoxy) is 1. The summed E-state index contributed by atoms with van der Waals surface area (Å²) in [5, 5.41) is 0. The fraction of sp³-hybridized carbons (Fsp3) is 0.625. The monoisotopic (exact) mass is 264 g/mol. The van der Waals surface area contributed by atoms with Gasteiger partial charge in [-0.3, -0.25) is 4.90 Å². The smallest absolute Gasteiger partial charge is 0.122 e. The van der Waals surface area contributed by atoms with Gasteiger partial charge in [-0.2, -0.15) is 0 Å². The van der Waals surface area contributed by atoms with Crippen molar-refractivity contribution in [3.8, 4) is 5.75 Å². The van der Waals surface area contributed by atoms with Crippen molar-refractivity contribution in [1.29, 1.82) is 0 Å². The fourth-order valence-corrected chi connectivity index (χ4v) is 2.16. The van der Waals surface area contributed by atoms with Crippen molar-refractivity contribution in [1.82, 2.24) is 4.90 Å². The maximum absolute atomic E-state index is 5.68. The Bertz CT molecular complexity index is 402. The summed E-state index contributed by atoms with van der Waals surface area (Å²) in [4.78, 5) is 2.36. The first kappa shape index (κ1) is 16.0. The average Bonchev–Trinajstić information content (AvgIpc) is 2.32. The van der Waals surface area contributed by atoms with Gasteiger partial charge in [0.15, 0.2) is 0 Å². The molecule has 0 aliphatic heterocycles. The van der Waals surface area contributed by atoms with E-state index in [0.29, 0.717) is 6.61 Å². The third-order valence-corrected chi connectivity index (χ3v) is 3.75. The molecule has 1 rings (SSSR count). The van der Waals surface area contributed by atoms with Crippen LogP contribution in [-0.2, 0) is 6.54 Å². The molecule has 0 unspecified atom stereocenters. The summed E-state index contributed by atoms with van der Waals surface area (Å²) in [7, 11) is 2.15. The maximum Gasteiger partial charge on any atom is 0.122 e. The quantitative estimate of drug-likeness (QED) is 0.823. The number of rotatable bonds is 7. The van der Waals surface area contributed by atoms with Crippen molar-refractivity contribution in [3.05, 3.63) is 29.3 Å². The molecule has 108 valence electrons. The third kappa shape index (κ3) is 4.51. The van der Waals surface area contributed by atoms with Gasteiger partial charge < -0.3 is 10.5 Å². The summed E-state index contributed by atoms with van der Waals surface area (Å²) in [6.45, 7) is 10.9. The second-order valence-electron chi connectivity index (χ2n) is 5.74. The highest BCUT2D eigenvalue weighted by Crippen LogP contribution is 2.23. The molecule has 0 heterocycles. The molecule has 0 atom stereocenters. The number of nitrogens with two attached hydrogens (primary N) is 1. The molecular weight excluding hydrogens is 236 g/mol. The molecule has 19 heavy (non-hydrogen) atoms. The first-order valence-electron chi connectivity index (χ1n) is 7.04. The van der Waals surface area contributed by atoms with Crippen LogP contribution in [0.4, 0.5) is 0 Å². The molecule has 2 N–H and O–H groups in total. The van der Waals surface area contributed by atoms with Gasteiger partial charge in [0.05, 0.1) is 6.61 Å². The number of hydrogen-bond acceptors (Lipinski definition) is 3. The van der Waals surface area contributed by atoms with Gasteiger partial charge in [0.1, 0.15) is 5.75 Å². The van der Waals surface area contributed by atoms with Crippen LogP contribution in [-0.4, -0.2) is 30.6 Å². The minimum atomic E-state index is 0.126. The Morgan fingerprint density at radius 2 is 2.00 bits per heavy atom. The predicted molar refractivity (Wildman–Crippen MR) is 81.6 cm³/mol. The summed E-state index contributed by atoms with van der Waals surface area (Å²) in [6, 6.07) is 6.42. The van der Waals surface area contributed by atoms with E-state index in [1.807, 2.05) is 6.92 Å². The number of benzene rings is 1. The molecule has 0 radical (unpaired) electrons. The summed E-state index contributed by atoms with van der Waals surface area (Å²) in [5.74, 6) is 0.982. The molecule has 0 spiro atoms. The van der Waals surface area contributed by atoms with E-state index in [1.165, 1.54) is 11.1 Å². The van der Waals surface area contributed by atoms with Crippen molar-refractivity contribution in [3.63, 3.8) is 0 Å². The Labute approximate surface area is 117 Å². The van der Waals surface area contributed by atoms with Gasteiger partial charge in [0, 0.05) is 12.1 Å². The zero-order valence-electron chi connectivity index (χ0n) is 13.0. The van der Waals surface area contributed by atoms with E-state index in [2.05, 4.69) is 50.9 Å². The molecule has 1 aromatic rings. The molecule has 0 aliphatic rings. The largest absolute Gasteiger partial charge is 0.494 e. The molecule has 0 saturated heterocycles. The van der Waals surface area contributed by atoms with Crippen LogP contribution < -0.4 is 10.5 Å². The Balaban J connectivity index is 2.74. The van der Waals surface area contributed by atoms with Gasteiger partial charge in [-0.15, -0.1) is 0 Å². The van der Waals surface area contributed by atoms with E-state index >= 15 is 0 Å². The van der Waals surface area contributed by atoms with Crippen molar-refractivity contribution >= 4 is 0 Å². The molecule has 0 aromatic heterocycles. The van der Waals surface area contributed by atoms with E-state index in [0.717, 1.165) is 25.3 Å². The Hall–Kier alpha value is -1.06. The molecule has 3 heteroatoms. The van der Waals surface area contributed by atoms with Crippen LogP contribution in [0.25, 0.3) is 0 Å². The average molecular weight is 264 g/mol. The van der Waals surface area contributed by atoms with Crippen molar-refractivity contribution in [2.24, 2.45) is 5.73 Å². The van der Waals surface area contributed by atoms with Gasteiger partial charge in [0.2, 0.25) is 0 Å². The zero-order chi connectivity index (χ0) is 14.5. The van der Waals surface area contributed by atoms with Gasteiger partial charge >= 0.3 is 0 Å². The lowest BCUT2D eigenvalue weighted by Gasteiger charge is -2.35. The standard InChI is InChI=1S/C16H28N2O/c1-6-19-15-8-7-14(11-13(15)2)12-18(5)16(3,4)9-10-17/h7-8,11H,6,9-10,12,17H2,1-5H3. The fourth-order valence-electron chi connectivity index (χ4n) is 2.16. The summed E-state index contributed by atoms with van der Waals surface area (Å²) < 4.78 is 5.57. The highest BCUT2D eigenvalue weighted by atomic mass is 16.5. The van der Waals surface area contributed by atoms with Crippen molar-refractivity contribution in [2.75, 3.05) is 20.2 Å². The zero-order valence-corrected chi connectivity index (χ0v) is 13.0. The lowest BCUT2D eigenvalue weighted by atomic mass is 9.98. The lowest BCUT2D eigenvalue weighted by molar-refractivity contribution is 0.140. The van der Waals surface area contributed by atoms with Crippen LogP contribution in [0.3, 0.4) is 0 Å². The van der Waals surface area contributed by atoms with Crippen LogP contribution in [0.2, 0.25) is 0 Å². The van der Waals surface area contributed by atoms with E-state index in [1.54, 1.807) is 0 Å². The predicted octanol–water partition coefficient (Wildman–Crippen LogP) is 2.95. The molecule has 0 bridgehead atoms.